The van der Waals surface area contributed by atoms with Crippen molar-refractivity contribution in [2.75, 3.05) is 13.1 Å². The van der Waals surface area contributed by atoms with Gasteiger partial charge in [-0.2, -0.15) is 0 Å². The molecule has 1 fully saturated rings. The third-order valence-corrected chi connectivity index (χ3v) is 3.13. The lowest BCUT2D eigenvalue weighted by atomic mass is 10.1. The maximum atomic E-state index is 12.1. The lowest BCUT2D eigenvalue weighted by Gasteiger charge is -2.15. The molecule has 1 unspecified atom stereocenters. The highest BCUT2D eigenvalue weighted by atomic mass is 16.4. The SMILES string of the molecule is Cc1occc1C(=O)N1CCC(CC(=O)O)C1. The molecule has 1 aliphatic rings. The Bertz CT molecular complexity index is 437. The first-order chi connectivity index (χ1) is 8.08. The number of furan rings is 1. The van der Waals surface area contributed by atoms with Crippen molar-refractivity contribution in [1.82, 2.24) is 4.90 Å². The average molecular weight is 237 g/mol. The fourth-order valence-electron chi connectivity index (χ4n) is 2.21. The molecule has 92 valence electrons. The van der Waals surface area contributed by atoms with E-state index in [0.29, 0.717) is 24.4 Å². The van der Waals surface area contributed by atoms with Crippen LogP contribution in [0.25, 0.3) is 0 Å². The van der Waals surface area contributed by atoms with E-state index in [2.05, 4.69) is 0 Å². The normalized spacial score (nSPS) is 19.6. The minimum Gasteiger partial charge on any atom is -0.481 e. The summed E-state index contributed by atoms with van der Waals surface area (Å²) in [6, 6.07) is 1.65. The Balaban J connectivity index is 1.99. The predicted octanol–water partition coefficient (Wildman–Crippen LogP) is 1.52. The zero-order chi connectivity index (χ0) is 12.4. The van der Waals surface area contributed by atoms with Crippen molar-refractivity contribution in [2.24, 2.45) is 5.92 Å². The molecule has 5 nitrogen and oxygen atoms in total. The monoisotopic (exact) mass is 237 g/mol. The Morgan fingerprint density at radius 1 is 1.59 bits per heavy atom. The van der Waals surface area contributed by atoms with E-state index in [1.807, 2.05) is 0 Å². The second-order valence-electron chi connectivity index (χ2n) is 4.39. The molecular weight excluding hydrogens is 222 g/mol. The number of aryl methyl sites for hydroxylation is 1. The van der Waals surface area contributed by atoms with Crippen molar-refractivity contribution in [3.8, 4) is 0 Å². The van der Waals surface area contributed by atoms with Crippen LogP contribution in [0.1, 0.15) is 29.0 Å². The van der Waals surface area contributed by atoms with Gasteiger partial charge >= 0.3 is 5.97 Å². The van der Waals surface area contributed by atoms with Gasteiger partial charge in [-0.15, -0.1) is 0 Å². The third kappa shape index (κ3) is 2.49. The first-order valence-electron chi connectivity index (χ1n) is 5.63. The van der Waals surface area contributed by atoms with Gasteiger partial charge in [0, 0.05) is 19.5 Å². The molecule has 1 amide bonds. The van der Waals surface area contributed by atoms with Crippen molar-refractivity contribution in [3.05, 3.63) is 23.7 Å². The number of amides is 1. The largest absolute Gasteiger partial charge is 0.481 e. The van der Waals surface area contributed by atoms with Gasteiger partial charge in [0.15, 0.2) is 0 Å². The molecule has 0 saturated carbocycles. The number of carboxylic acid groups (broad SMARTS) is 1. The van der Waals surface area contributed by atoms with E-state index in [0.717, 1.165) is 6.42 Å². The van der Waals surface area contributed by atoms with Crippen molar-refractivity contribution >= 4 is 11.9 Å². The zero-order valence-corrected chi connectivity index (χ0v) is 9.68. The quantitative estimate of drug-likeness (QED) is 0.865. The van der Waals surface area contributed by atoms with Crippen LogP contribution in [-0.4, -0.2) is 35.0 Å². The highest BCUT2D eigenvalue weighted by Gasteiger charge is 2.29. The van der Waals surface area contributed by atoms with E-state index in [1.165, 1.54) is 6.26 Å². The van der Waals surface area contributed by atoms with Crippen LogP contribution in [0.4, 0.5) is 0 Å². The molecule has 1 saturated heterocycles. The molecule has 1 aromatic heterocycles. The fourth-order valence-corrected chi connectivity index (χ4v) is 2.21. The number of carbonyl (C=O) groups excluding carboxylic acids is 1. The van der Waals surface area contributed by atoms with Crippen molar-refractivity contribution in [1.29, 1.82) is 0 Å². The molecule has 0 radical (unpaired) electrons. The maximum absolute atomic E-state index is 12.1. The van der Waals surface area contributed by atoms with Gasteiger partial charge in [-0.3, -0.25) is 9.59 Å². The van der Waals surface area contributed by atoms with Gasteiger partial charge in [-0.25, -0.2) is 0 Å². The molecule has 1 atom stereocenters. The molecule has 0 aliphatic carbocycles. The molecule has 0 bridgehead atoms. The number of aliphatic carboxylic acids is 1. The smallest absolute Gasteiger partial charge is 0.303 e. The molecule has 1 aliphatic heterocycles. The van der Waals surface area contributed by atoms with E-state index < -0.39 is 5.97 Å². The van der Waals surface area contributed by atoms with Crippen LogP contribution in [0, 0.1) is 12.8 Å². The van der Waals surface area contributed by atoms with E-state index in [9.17, 15) is 9.59 Å². The maximum Gasteiger partial charge on any atom is 0.303 e. The summed E-state index contributed by atoms with van der Waals surface area (Å²) in [6.07, 6.45) is 2.39. The number of hydrogen-bond acceptors (Lipinski definition) is 3. The van der Waals surface area contributed by atoms with Gasteiger partial charge < -0.3 is 14.4 Å². The summed E-state index contributed by atoms with van der Waals surface area (Å²) in [6.45, 7) is 2.90. The van der Waals surface area contributed by atoms with Crippen LogP contribution in [0.5, 0.6) is 0 Å². The van der Waals surface area contributed by atoms with Crippen molar-refractivity contribution in [3.63, 3.8) is 0 Å². The average Bonchev–Trinajstić information content (AvgIpc) is 2.85. The summed E-state index contributed by atoms with van der Waals surface area (Å²) >= 11 is 0. The van der Waals surface area contributed by atoms with E-state index in [1.54, 1.807) is 17.9 Å². The lowest BCUT2D eigenvalue weighted by molar-refractivity contribution is -0.138. The van der Waals surface area contributed by atoms with Crippen LogP contribution in [0.3, 0.4) is 0 Å². The first kappa shape index (κ1) is 11.7. The molecule has 2 rings (SSSR count). The minimum atomic E-state index is -0.802. The van der Waals surface area contributed by atoms with E-state index >= 15 is 0 Å². The summed E-state index contributed by atoms with van der Waals surface area (Å²) in [4.78, 5) is 24.4. The molecule has 2 heterocycles. The number of rotatable bonds is 3. The van der Waals surface area contributed by atoms with Crippen molar-refractivity contribution < 1.29 is 19.1 Å². The molecule has 5 heteroatoms. The Morgan fingerprint density at radius 2 is 2.35 bits per heavy atom. The van der Waals surface area contributed by atoms with Crippen molar-refractivity contribution in [2.45, 2.75) is 19.8 Å². The fraction of sp³-hybridized carbons (Fsp3) is 0.500. The van der Waals surface area contributed by atoms with Gasteiger partial charge in [0.2, 0.25) is 0 Å². The molecule has 1 N–H and O–H groups in total. The van der Waals surface area contributed by atoms with Crippen LogP contribution in [0.15, 0.2) is 16.7 Å². The summed E-state index contributed by atoms with van der Waals surface area (Å²) < 4.78 is 5.09. The third-order valence-electron chi connectivity index (χ3n) is 3.13. The molecule has 1 aromatic rings. The Morgan fingerprint density at radius 3 is 2.94 bits per heavy atom. The van der Waals surface area contributed by atoms with Gasteiger partial charge in [0.1, 0.15) is 5.76 Å². The Hall–Kier alpha value is -1.78. The first-order valence-corrected chi connectivity index (χ1v) is 5.63. The van der Waals surface area contributed by atoms with Gasteiger partial charge in [-0.05, 0) is 25.3 Å². The summed E-state index contributed by atoms with van der Waals surface area (Å²) in [5.41, 5.74) is 0.570. The van der Waals surface area contributed by atoms with Crippen LogP contribution < -0.4 is 0 Å². The molecular formula is C12H15NO4. The summed E-state index contributed by atoms with van der Waals surface area (Å²) in [5.74, 6) is -0.187. The van der Waals surface area contributed by atoms with E-state index in [4.69, 9.17) is 9.52 Å². The lowest BCUT2D eigenvalue weighted by Crippen LogP contribution is -2.29. The van der Waals surface area contributed by atoms with E-state index in [-0.39, 0.29) is 18.2 Å². The molecule has 17 heavy (non-hydrogen) atoms. The topological polar surface area (TPSA) is 70.8 Å². The van der Waals surface area contributed by atoms with Crippen LogP contribution in [0.2, 0.25) is 0 Å². The number of hydrogen-bond donors (Lipinski definition) is 1. The highest BCUT2D eigenvalue weighted by molar-refractivity contribution is 5.95. The van der Waals surface area contributed by atoms with Gasteiger partial charge in [0.25, 0.3) is 5.91 Å². The minimum absolute atomic E-state index is 0.0656. The number of likely N-dealkylation sites (tertiary alicyclic amines) is 1. The number of nitrogens with zero attached hydrogens (tertiary/aromatic N) is 1. The zero-order valence-electron chi connectivity index (χ0n) is 9.68. The Labute approximate surface area is 99.0 Å². The summed E-state index contributed by atoms with van der Waals surface area (Å²) in [7, 11) is 0. The molecule has 0 spiro atoms. The second-order valence-corrected chi connectivity index (χ2v) is 4.39. The standard InChI is InChI=1S/C12H15NO4/c1-8-10(3-5-17-8)12(16)13-4-2-9(7-13)6-11(14)15/h3,5,9H,2,4,6-7H2,1H3,(H,14,15). The predicted molar refractivity (Wildman–Crippen MR) is 59.7 cm³/mol. The van der Waals surface area contributed by atoms with Crippen LogP contribution >= 0.6 is 0 Å². The van der Waals surface area contributed by atoms with Gasteiger partial charge in [-0.1, -0.05) is 0 Å². The number of carboxylic acids is 1. The van der Waals surface area contributed by atoms with Crippen LogP contribution in [-0.2, 0) is 4.79 Å². The second kappa shape index (κ2) is 4.61. The van der Waals surface area contributed by atoms with Gasteiger partial charge in [0.05, 0.1) is 11.8 Å². The summed E-state index contributed by atoms with van der Waals surface area (Å²) in [5, 5.41) is 8.71. The highest BCUT2D eigenvalue weighted by Crippen LogP contribution is 2.22. The Kier molecular flexibility index (Phi) is 3.17. The molecule has 0 aromatic carbocycles. The number of carbonyl (C=O) groups is 2.